The first-order valence-electron chi connectivity index (χ1n) is 6.88. The van der Waals surface area contributed by atoms with Crippen molar-refractivity contribution in [2.45, 2.75) is 38.0 Å². The highest BCUT2D eigenvalue weighted by molar-refractivity contribution is 7.99. The average Bonchev–Trinajstić information content (AvgIpc) is 2.45. The van der Waals surface area contributed by atoms with E-state index in [0.717, 1.165) is 29.2 Å². The minimum atomic E-state index is -0.256. The van der Waals surface area contributed by atoms with Gasteiger partial charge in [-0.25, -0.2) is 0 Å². The largest absolute Gasteiger partial charge is 0.349 e. The van der Waals surface area contributed by atoms with Crippen LogP contribution in [0.3, 0.4) is 0 Å². The van der Waals surface area contributed by atoms with Crippen LogP contribution < -0.4 is 11.1 Å². The van der Waals surface area contributed by atoms with E-state index in [0.29, 0.717) is 12.3 Å². The molecule has 112 valence electrons. The van der Waals surface area contributed by atoms with Crippen LogP contribution in [-0.4, -0.2) is 23.7 Å². The van der Waals surface area contributed by atoms with Crippen molar-refractivity contribution < 1.29 is 4.79 Å². The molecule has 1 aromatic rings. The number of rotatable bonds is 8. The molecule has 1 amide bonds. The number of nitrogens with one attached hydrogen (secondary N) is 1. The van der Waals surface area contributed by atoms with Crippen molar-refractivity contribution >= 4 is 29.3 Å². The number of hydrogen-bond donors (Lipinski definition) is 2. The number of halogens is 1. The van der Waals surface area contributed by atoms with Gasteiger partial charge in [0.15, 0.2) is 0 Å². The van der Waals surface area contributed by atoms with Gasteiger partial charge in [-0.2, -0.15) is 0 Å². The van der Waals surface area contributed by atoms with Gasteiger partial charge in [0, 0.05) is 17.3 Å². The Morgan fingerprint density at radius 3 is 2.65 bits per heavy atom. The van der Waals surface area contributed by atoms with Crippen molar-refractivity contribution in [3.63, 3.8) is 0 Å². The number of benzene rings is 1. The molecule has 1 rings (SSSR count). The smallest absolute Gasteiger partial charge is 0.230 e. The number of nitrogens with two attached hydrogens (primary N) is 1. The van der Waals surface area contributed by atoms with E-state index >= 15 is 0 Å². The Labute approximate surface area is 130 Å². The minimum Gasteiger partial charge on any atom is -0.349 e. The van der Waals surface area contributed by atoms with Crippen LogP contribution in [0.4, 0.5) is 0 Å². The van der Waals surface area contributed by atoms with Crippen LogP contribution in [0.2, 0.25) is 5.02 Å². The van der Waals surface area contributed by atoms with Crippen molar-refractivity contribution in [3.05, 3.63) is 34.9 Å². The topological polar surface area (TPSA) is 55.1 Å². The van der Waals surface area contributed by atoms with Crippen molar-refractivity contribution in [2.24, 2.45) is 5.73 Å². The number of thioether (sulfide) groups is 1. The molecule has 0 fully saturated rings. The van der Waals surface area contributed by atoms with Crippen LogP contribution in [0.25, 0.3) is 0 Å². The van der Waals surface area contributed by atoms with Gasteiger partial charge in [-0.1, -0.05) is 37.6 Å². The van der Waals surface area contributed by atoms with Gasteiger partial charge in [-0.15, -0.1) is 11.8 Å². The van der Waals surface area contributed by atoms with E-state index in [2.05, 4.69) is 19.2 Å². The normalized spacial score (nSPS) is 11.4. The molecule has 0 saturated heterocycles. The lowest BCUT2D eigenvalue weighted by Crippen LogP contribution is -2.53. The maximum atomic E-state index is 12.0. The molecule has 0 aliphatic rings. The average molecular weight is 315 g/mol. The Hall–Kier alpha value is -0.710. The molecule has 0 atom stereocenters. The molecule has 3 nitrogen and oxygen atoms in total. The van der Waals surface area contributed by atoms with E-state index in [1.165, 1.54) is 0 Å². The summed E-state index contributed by atoms with van der Waals surface area (Å²) in [6, 6.07) is 7.71. The van der Waals surface area contributed by atoms with Gasteiger partial charge in [0.25, 0.3) is 0 Å². The predicted octanol–water partition coefficient (Wildman–Crippen LogP) is 3.21. The Kier molecular flexibility index (Phi) is 7.41. The molecule has 0 aliphatic carbocycles. The summed E-state index contributed by atoms with van der Waals surface area (Å²) < 4.78 is 0. The quantitative estimate of drug-likeness (QED) is 0.774. The van der Waals surface area contributed by atoms with Crippen molar-refractivity contribution in [1.29, 1.82) is 0 Å². The third kappa shape index (κ3) is 5.35. The van der Waals surface area contributed by atoms with Crippen LogP contribution in [0.15, 0.2) is 24.3 Å². The Morgan fingerprint density at radius 2 is 2.10 bits per heavy atom. The second kappa shape index (κ2) is 8.55. The molecule has 0 heterocycles. The summed E-state index contributed by atoms with van der Waals surface area (Å²) >= 11 is 7.51. The fourth-order valence-corrected chi connectivity index (χ4v) is 2.97. The van der Waals surface area contributed by atoms with E-state index in [1.807, 2.05) is 24.3 Å². The SMILES string of the molecule is CCC(CC)(CN)NC(=O)CSCc1cccc(Cl)c1. The first-order valence-corrected chi connectivity index (χ1v) is 8.41. The number of carbonyl (C=O) groups excluding carboxylic acids is 1. The molecule has 5 heteroatoms. The number of amides is 1. The van der Waals surface area contributed by atoms with E-state index in [9.17, 15) is 4.79 Å². The summed E-state index contributed by atoms with van der Waals surface area (Å²) in [4.78, 5) is 12.0. The van der Waals surface area contributed by atoms with Crippen LogP contribution in [0.1, 0.15) is 32.3 Å². The molecule has 0 spiro atoms. The van der Waals surface area contributed by atoms with Crippen LogP contribution >= 0.6 is 23.4 Å². The van der Waals surface area contributed by atoms with Crippen LogP contribution in [0.5, 0.6) is 0 Å². The molecule has 3 N–H and O–H groups in total. The highest BCUT2D eigenvalue weighted by Gasteiger charge is 2.25. The zero-order valence-electron chi connectivity index (χ0n) is 12.1. The van der Waals surface area contributed by atoms with Gasteiger partial charge in [0.2, 0.25) is 5.91 Å². The lowest BCUT2D eigenvalue weighted by molar-refractivity contribution is -0.120. The molecule has 0 bridgehead atoms. The fourth-order valence-electron chi connectivity index (χ4n) is 1.99. The number of hydrogen-bond acceptors (Lipinski definition) is 3. The van der Waals surface area contributed by atoms with Gasteiger partial charge >= 0.3 is 0 Å². The summed E-state index contributed by atoms with van der Waals surface area (Å²) in [5, 5.41) is 3.79. The minimum absolute atomic E-state index is 0.0474. The zero-order chi connectivity index (χ0) is 15.0. The number of carbonyl (C=O) groups is 1. The first-order chi connectivity index (χ1) is 9.55. The lowest BCUT2D eigenvalue weighted by atomic mass is 9.93. The molecule has 0 saturated carbocycles. The molecule has 0 aliphatic heterocycles. The summed E-state index contributed by atoms with van der Waals surface area (Å²) in [5.41, 5.74) is 6.65. The second-order valence-corrected chi connectivity index (χ2v) is 6.28. The summed E-state index contributed by atoms with van der Waals surface area (Å²) in [5.74, 6) is 1.27. The van der Waals surface area contributed by atoms with Gasteiger partial charge in [-0.3, -0.25) is 4.79 Å². The zero-order valence-corrected chi connectivity index (χ0v) is 13.7. The summed E-state index contributed by atoms with van der Waals surface area (Å²) in [6.07, 6.45) is 1.70. The second-order valence-electron chi connectivity index (χ2n) is 4.86. The Balaban J connectivity index is 2.40. The van der Waals surface area contributed by atoms with E-state index < -0.39 is 0 Å². The van der Waals surface area contributed by atoms with E-state index in [4.69, 9.17) is 17.3 Å². The molecule has 1 aromatic carbocycles. The molecule has 0 radical (unpaired) electrons. The van der Waals surface area contributed by atoms with Crippen LogP contribution in [0, 0.1) is 0 Å². The first kappa shape index (κ1) is 17.3. The van der Waals surface area contributed by atoms with Gasteiger partial charge in [0.1, 0.15) is 0 Å². The third-order valence-electron chi connectivity index (χ3n) is 3.54. The van der Waals surface area contributed by atoms with Gasteiger partial charge < -0.3 is 11.1 Å². The Bertz CT molecular complexity index is 427. The molecular weight excluding hydrogens is 292 g/mol. The molecule has 0 aromatic heterocycles. The van der Waals surface area contributed by atoms with Crippen molar-refractivity contribution in [3.8, 4) is 0 Å². The van der Waals surface area contributed by atoms with Gasteiger partial charge in [-0.05, 0) is 30.5 Å². The molecular formula is C15H23ClN2OS. The van der Waals surface area contributed by atoms with E-state index in [1.54, 1.807) is 11.8 Å². The van der Waals surface area contributed by atoms with Crippen molar-refractivity contribution in [1.82, 2.24) is 5.32 Å². The lowest BCUT2D eigenvalue weighted by Gasteiger charge is -2.31. The summed E-state index contributed by atoms with van der Waals surface area (Å²) in [7, 11) is 0. The van der Waals surface area contributed by atoms with Crippen LogP contribution in [-0.2, 0) is 10.5 Å². The van der Waals surface area contributed by atoms with Gasteiger partial charge in [0.05, 0.1) is 11.3 Å². The predicted molar refractivity (Wildman–Crippen MR) is 88.1 cm³/mol. The monoisotopic (exact) mass is 314 g/mol. The molecule has 0 unspecified atom stereocenters. The third-order valence-corrected chi connectivity index (χ3v) is 4.78. The molecule has 20 heavy (non-hydrogen) atoms. The Morgan fingerprint density at radius 1 is 1.40 bits per heavy atom. The standard InChI is InChI=1S/C15H23ClN2OS/c1-3-15(4-2,11-17)18-14(19)10-20-9-12-6-5-7-13(16)8-12/h5-8H,3-4,9-11,17H2,1-2H3,(H,18,19). The fraction of sp³-hybridized carbons (Fsp3) is 0.533. The maximum Gasteiger partial charge on any atom is 0.230 e. The van der Waals surface area contributed by atoms with Crippen molar-refractivity contribution in [2.75, 3.05) is 12.3 Å². The highest BCUT2D eigenvalue weighted by atomic mass is 35.5. The highest BCUT2D eigenvalue weighted by Crippen LogP contribution is 2.17. The van der Waals surface area contributed by atoms with E-state index in [-0.39, 0.29) is 11.4 Å². The summed E-state index contributed by atoms with van der Waals surface area (Å²) in [6.45, 7) is 4.58. The maximum absolute atomic E-state index is 12.0.